The first-order valence-electron chi connectivity index (χ1n) is 9.73. The van der Waals surface area contributed by atoms with Crippen LogP contribution >= 0.6 is 11.3 Å². The summed E-state index contributed by atoms with van der Waals surface area (Å²) in [5, 5.41) is 5.84. The standard InChI is InChI=1S/C24H21N3O2S/c28-23(13-7-15-29-20-10-2-1-3-11-20)26-19-9-6-8-18(16-19)22-17-30-24(27-22)21-12-4-5-14-25-21/h1-6,8-12,14,16-17H,7,13,15H2,(H,26,28). The third-order valence-electron chi connectivity index (χ3n) is 4.39. The van der Waals surface area contributed by atoms with Crippen molar-refractivity contribution in [3.05, 3.63) is 84.4 Å². The zero-order valence-corrected chi connectivity index (χ0v) is 17.1. The molecule has 2 heterocycles. The van der Waals surface area contributed by atoms with Gasteiger partial charge in [0.05, 0.1) is 18.0 Å². The molecule has 0 saturated heterocycles. The third kappa shape index (κ3) is 5.30. The molecule has 4 aromatic rings. The SMILES string of the molecule is O=C(CCCOc1ccccc1)Nc1cccc(-c2csc(-c3ccccn3)n2)c1. The highest BCUT2D eigenvalue weighted by molar-refractivity contribution is 7.13. The number of pyridine rings is 1. The Bertz CT molecular complexity index is 1100. The summed E-state index contributed by atoms with van der Waals surface area (Å²) < 4.78 is 5.63. The Balaban J connectivity index is 1.32. The molecule has 0 atom stereocenters. The fourth-order valence-electron chi connectivity index (χ4n) is 2.93. The van der Waals surface area contributed by atoms with Crippen LogP contribution in [0.2, 0.25) is 0 Å². The van der Waals surface area contributed by atoms with E-state index in [9.17, 15) is 4.79 Å². The number of amides is 1. The van der Waals surface area contributed by atoms with Gasteiger partial charge in [-0.25, -0.2) is 4.98 Å². The molecule has 0 radical (unpaired) electrons. The van der Waals surface area contributed by atoms with Gasteiger partial charge in [-0.1, -0.05) is 36.4 Å². The number of rotatable bonds is 8. The molecule has 0 aliphatic rings. The number of para-hydroxylation sites is 1. The molecule has 0 fully saturated rings. The van der Waals surface area contributed by atoms with Gasteiger partial charge in [-0.15, -0.1) is 11.3 Å². The van der Waals surface area contributed by atoms with Gasteiger partial charge in [0.15, 0.2) is 0 Å². The van der Waals surface area contributed by atoms with Gasteiger partial charge < -0.3 is 10.1 Å². The summed E-state index contributed by atoms with van der Waals surface area (Å²) in [7, 11) is 0. The van der Waals surface area contributed by atoms with Gasteiger partial charge in [-0.3, -0.25) is 9.78 Å². The van der Waals surface area contributed by atoms with E-state index in [1.165, 1.54) is 0 Å². The molecule has 0 aliphatic carbocycles. The monoisotopic (exact) mass is 415 g/mol. The lowest BCUT2D eigenvalue weighted by molar-refractivity contribution is -0.116. The van der Waals surface area contributed by atoms with E-state index in [4.69, 9.17) is 4.74 Å². The van der Waals surface area contributed by atoms with Gasteiger partial charge in [0, 0.05) is 29.2 Å². The Morgan fingerprint density at radius 2 is 1.83 bits per heavy atom. The second kappa shape index (κ2) is 9.80. The van der Waals surface area contributed by atoms with E-state index >= 15 is 0 Å². The first-order valence-corrected chi connectivity index (χ1v) is 10.6. The first kappa shape index (κ1) is 19.8. The zero-order valence-electron chi connectivity index (χ0n) is 16.3. The van der Waals surface area contributed by atoms with Crippen LogP contribution in [0, 0.1) is 0 Å². The molecule has 1 amide bonds. The first-order chi connectivity index (χ1) is 14.8. The molecule has 2 aromatic carbocycles. The highest BCUT2D eigenvalue weighted by atomic mass is 32.1. The number of hydrogen-bond donors (Lipinski definition) is 1. The molecule has 30 heavy (non-hydrogen) atoms. The number of thiazole rings is 1. The average molecular weight is 416 g/mol. The van der Waals surface area contributed by atoms with Gasteiger partial charge in [0.25, 0.3) is 0 Å². The summed E-state index contributed by atoms with van der Waals surface area (Å²) in [4.78, 5) is 21.3. The molecule has 150 valence electrons. The normalized spacial score (nSPS) is 10.5. The topological polar surface area (TPSA) is 64.1 Å². The number of ether oxygens (including phenoxy) is 1. The Morgan fingerprint density at radius 3 is 2.67 bits per heavy atom. The second-order valence-electron chi connectivity index (χ2n) is 6.65. The van der Waals surface area contributed by atoms with Crippen molar-refractivity contribution in [1.82, 2.24) is 9.97 Å². The lowest BCUT2D eigenvalue weighted by Crippen LogP contribution is -2.12. The van der Waals surface area contributed by atoms with E-state index in [2.05, 4.69) is 15.3 Å². The lowest BCUT2D eigenvalue weighted by Gasteiger charge is -2.08. The van der Waals surface area contributed by atoms with Crippen molar-refractivity contribution in [2.45, 2.75) is 12.8 Å². The Labute approximate surface area is 179 Å². The molecule has 0 spiro atoms. The molecule has 1 N–H and O–H groups in total. The number of carbonyl (C=O) groups is 1. The fourth-order valence-corrected chi connectivity index (χ4v) is 3.74. The van der Waals surface area contributed by atoms with Crippen molar-refractivity contribution in [1.29, 1.82) is 0 Å². The molecule has 6 heteroatoms. The minimum Gasteiger partial charge on any atom is -0.494 e. The Hall–Kier alpha value is -3.51. The van der Waals surface area contributed by atoms with Crippen molar-refractivity contribution >= 4 is 22.9 Å². The van der Waals surface area contributed by atoms with E-state index in [1.54, 1.807) is 17.5 Å². The number of nitrogens with one attached hydrogen (secondary N) is 1. The van der Waals surface area contributed by atoms with Crippen LogP contribution in [0.1, 0.15) is 12.8 Å². The molecule has 0 saturated carbocycles. The minimum atomic E-state index is -0.0312. The summed E-state index contributed by atoms with van der Waals surface area (Å²) in [6, 6.07) is 23.1. The van der Waals surface area contributed by atoms with Gasteiger partial charge in [-0.2, -0.15) is 0 Å². The number of carbonyl (C=O) groups excluding carboxylic acids is 1. The van der Waals surface area contributed by atoms with Crippen LogP contribution in [0.4, 0.5) is 5.69 Å². The fraction of sp³-hybridized carbons (Fsp3) is 0.125. The predicted molar refractivity (Wildman–Crippen MR) is 121 cm³/mol. The molecular formula is C24H21N3O2S. The Morgan fingerprint density at radius 1 is 0.967 bits per heavy atom. The predicted octanol–water partition coefficient (Wildman–Crippen LogP) is 5.67. The van der Waals surface area contributed by atoms with Crippen LogP contribution in [-0.4, -0.2) is 22.5 Å². The average Bonchev–Trinajstić information content (AvgIpc) is 3.29. The maximum Gasteiger partial charge on any atom is 0.224 e. The van der Waals surface area contributed by atoms with Crippen LogP contribution in [-0.2, 0) is 4.79 Å². The van der Waals surface area contributed by atoms with E-state index in [0.717, 1.165) is 33.4 Å². The van der Waals surface area contributed by atoms with Crippen LogP contribution < -0.4 is 10.1 Å². The number of anilines is 1. The van der Waals surface area contributed by atoms with Crippen LogP contribution in [0.3, 0.4) is 0 Å². The van der Waals surface area contributed by atoms with Crippen molar-refractivity contribution in [3.8, 4) is 27.7 Å². The van der Waals surface area contributed by atoms with Crippen molar-refractivity contribution < 1.29 is 9.53 Å². The molecule has 0 aliphatic heterocycles. The van der Waals surface area contributed by atoms with Crippen molar-refractivity contribution in [2.24, 2.45) is 0 Å². The number of aromatic nitrogens is 2. The van der Waals surface area contributed by atoms with Crippen LogP contribution in [0.5, 0.6) is 5.75 Å². The highest BCUT2D eigenvalue weighted by Gasteiger charge is 2.09. The van der Waals surface area contributed by atoms with Gasteiger partial charge in [0.2, 0.25) is 5.91 Å². The minimum absolute atomic E-state index is 0.0312. The zero-order chi connectivity index (χ0) is 20.6. The number of benzene rings is 2. The molecule has 0 unspecified atom stereocenters. The smallest absolute Gasteiger partial charge is 0.224 e. The second-order valence-corrected chi connectivity index (χ2v) is 7.51. The quantitative estimate of drug-likeness (QED) is 0.377. The summed E-state index contributed by atoms with van der Waals surface area (Å²) >= 11 is 1.55. The summed E-state index contributed by atoms with van der Waals surface area (Å²) in [6.45, 7) is 0.507. The highest BCUT2D eigenvalue weighted by Crippen LogP contribution is 2.29. The molecule has 0 bridgehead atoms. The molecule has 4 rings (SSSR count). The third-order valence-corrected chi connectivity index (χ3v) is 5.26. The van der Waals surface area contributed by atoms with Crippen LogP contribution in [0.15, 0.2) is 84.4 Å². The maximum atomic E-state index is 12.3. The largest absolute Gasteiger partial charge is 0.494 e. The van der Waals surface area contributed by atoms with Gasteiger partial charge in [-0.05, 0) is 42.8 Å². The Kier molecular flexibility index (Phi) is 6.47. The van der Waals surface area contributed by atoms with Gasteiger partial charge >= 0.3 is 0 Å². The summed E-state index contributed by atoms with van der Waals surface area (Å²) in [5.41, 5.74) is 3.44. The molecular weight excluding hydrogens is 394 g/mol. The maximum absolute atomic E-state index is 12.3. The van der Waals surface area contributed by atoms with Gasteiger partial charge in [0.1, 0.15) is 10.8 Å². The van der Waals surface area contributed by atoms with Crippen molar-refractivity contribution in [3.63, 3.8) is 0 Å². The molecule has 5 nitrogen and oxygen atoms in total. The number of nitrogens with zero attached hydrogens (tertiary/aromatic N) is 2. The lowest BCUT2D eigenvalue weighted by atomic mass is 10.1. The summed E-state index contributed by atoms with van der Waals surface area (Å²) in [5.74, 6) is 0.787. The van der Waals surface area contributed by atoms with E-state index in [0.29, 0.717) is 19.4 Å². The van der Waals surface area contributed by atoms with E-state index in [1.807, 2.05) is 78.2 Å². The number of hydrogen-bond acceptors (Lipinski definition) is 5. The van der Waals surface area contributed by atoms with E-state index < -0.39 is 0 Å². The van der Waals surface area contributed by atoms with E-state index in [-0.39, 0.29) is 5.91 Å². The van der Waals surface area contributed by atoms with Crippen LogP contribution in [0.25, 0.3) is 22.0 Å². The molecule has 2 aromatic heterocycles. The van der Waals surface area contributed by atoms with Crippen molar-refractivity contribution in [2.75, 3.05) is 11.9 Å². The summed E-state index contributed by atoms with van der Waals surface area (Å²) in [6.07, 6.45) is 2.81.